The Labute approximate surface area is 160 Å². The molecule has 2 heterocycles. The summed E-state index contributed by atoms with van der Waals surface area (Å²) in [5.41, 5.74) is 0.552. The number of carbonyl (C=O) groups excluding carboxylic acids is 2. The predicted molar refractivity (Wildman–Crippen MR) is 101 cm³/mol. The summed E-state index contributed by atoms with van der Waals surface area (Å²) in [4.78, 5) is 36.0. The highest BCUT2D eigenvalue weighted by atomic mass is 35.5. The molecule has 2 amide bonds. The summed E-state index contributed by atoms with van der Waals surface area (Å²) < 4.78 is 0. The van der Waals surface area contributed by atoms with Gasteiger partial charge in [-0.2, -0.15) is 0 Å². The van der Waals surface area contributed by atoms with E-state index in [4.69, 9.17) is 23.2 Å². The topological polar surface area (TPSA) is 78.4 Å². The second-order valence-corrected chi connectivity index (χ2v) is 6.62. The zero-order chi connectivity index (χ0) is 18.7. The number of aromatic nitrogens is 2. The first kappa shape index (κ1) is 18.4. The number of anilines is 2. The maximum atomic E-state index is 12.5. The highest BCUT2D eigenvalue weighted by molar-refractivity contribution is 6.40. The molecule has 1 aliphatic rings. The highest BCUT2D eigenvalue weighted by Crippen LogP contribution is 2.30. The first-order valence-electron chi connectivity index (χ1n) is 8.03. The fourth-order valence-electron chi connectivity index (χ4n) is 2.69. The third kappa shape index (κ3) is 4.05. The summed E-state index contributed by atoms with van der Waals surface area (Å²) in [5.74, 6) is 0.272. The van der Waals surface area contributed by atoms with Gasteiger partial charge in [0.2, 0.25) is 5.91 Å². The number of hydrogen-bond donors (Lipinski definition) is 1. The predicted octanol–water partition coefficient (Wildman–Crippen LogP) is 2.70. The van der Waals surface area contributed by atoms with Crippen LogP contribution in [-0.4, -0.2) is 52.9 Å². The zero-order valence-electron chi connectivity index (χ0n) is 14.1. The number of hydrogen-bond acceptors (Lipinski definition) is 5. The lowest BCUT2D eigenvalue weighted by Gasteiger charge is -2.34. The van der Waals surface area contributed by atoms with Gasteiger partial charge in [-0.05, 0) is 12.1 Å². The third-order valence-electron chi connectivity index (χ3n) is 4.14. The van der Waals surface area contributed by atoms with E-state index in [0.29, 0.717) is 47.7 Å². The minimum absolute atomic E-state index is 0.0593. The molecule has 1 N–H and O–H groups in total. The van der Waals surface area contributed by atoms with Gasteiger partial charge in [-0.1, -0.05) is 29.3 Å². The van der Waals surface area contributed by atoms with Gasteiger partial charge in [-0.25, -0.2) is 9.97 Å². The van der Waals surface area contributed by atoms with Gasteiger partial charge in [-0.3, -0.25) is 9.59 Å². The van der Waals surface area contributed by atoms with Gasteiger partial charge in [0.15, 0.2) is 0 Å². The van der Waals surface area contributed by atoms with Crippen molar-refractivity contribution in [3.8, 4) is 0 Å². The molecule has 1 aromatic carbocycles. The number of nitrogens with one attached hydrogen (secondary N) is 1. The third-order valence-corrected chi connectivity index (χ3v) is 4.77. The van der Waals surface area contributed by atoms with Gasteiger partial charge in [0.05, 0.1) is 15.7 Å². The van der Waals surface area contributed by atoms with Crippen LogP contribution in [0.2, 0.25) is 10.0 Å². The molecule has 3 rings (SSSR count). The van der Waals surface area contributed by atoms with Crippen molar-refractivity contribution in [3.05, 3.63) is 46.3 Å². The molecule has 7 nitrogen and oxygen atoms in total. The van der Waals surface area contributed by atoms with Crippen molar-refractivity contribution in [2.75, 3.05) is 36.4 Å². The molecule has 0 bridgehead atoms. The van der Waals surface area contributed by atoms with E-state index in [2.05, 4.69) is 15.3 Å². The van der Waals surface area contributed by atoms with E-state index in [-0.39, 0.29) is 11.6 Å². The number of para-hydroxylation sites is 1. The van der Waals surface area contributed by atoms with E-state index in [1.807, 2.05) is 4.90 Å². The summed E-state index contributed by atoms with van der Waals surface area (Å²) in [5, 5.41) is 3.38. The summed E-state index contributed by atoms with van der Waals surface area (Å²) in [7, 11) is 0. The van der Waals surface area contributed by atoms with Crippen LogP contribution in [0.3, 0.4) is 0 Å². The second kappa shape index (κ2) is 7.88. The average molecular weight is 394 g/mol. The molecule has 0 radical (unpaired) electrons. The van der Waals surface area contributed by atoms with Crippen LogP contribution < -0.4 is 10.2 Å². The summed E-state index contributed by atoms with van der Waals surface area (Å²) in [6, 6.07) is 6.60. The summed E-state index contributed by atoms with van der Waals surface area (Å²) in [6.07, 6.45) is 1.34. The van der Waals surface area contributed by atoms with E-state index >= 15 is 0 Å². The van der Waals surface area contributed by atoms with Crippen molar-refractivity contribution >= 4 is 46.5 Å². The quantitative estimate of drug-likeness (QED) is 0.866. The van der Waals surface area contributed by atoms with E-state index in [0.717, 1.165) is 0 Å². The smallest absolute Gasteiger partial charge is 0.274 e. The monoisotopic (exact) mass is 393 g/mol. The van der Waals surface area contributed by atoms with E-state index in [1.165, 1.54) is 6.33 Å². The number of amides is 2. The molecule has 136 valence electrons. The zero-order valence-corrected chi connectivity index (χ0v) is 15.6. The van der Waals surface area contributed by atoms with Crippen LogP contribution in [-0.2, 0) is 4.79 Å². The fraction of sp³-hybridized carbons (Fsp3) is 0.294. The van der Waals surface area contributed by atoms with E-state index < -0.39 is 5.91 Å². The van der Waals surface area contributed by atoms with Gasteiger partial charge in [0.25, 0.3) is 5.91 Å². The first-order chi connectivity index (χ1) is 12.5. The molecule has 1 aromatic heterocycles. The van der Waals surface area contributed by atoms with Gasteiger partial charge < -0.3 is 15.1 Å². The number of benzene rings is 1. The molecular formula is C17H17Cl2N5O2. The van der Waals surface area contributed by atoms with Crippen LogP contribution in [0.25, 0.3) is 0 Å². The Bertz CT molecular complexity index is 817. The molecule has 2 aromatic rings. The molecule has 1 fully saturated rings. The number of halogens is 2. The molecule has 0 saturated carbocycles. The van der Waals surface area contributed by atoms with Crippen LogP contribution in [0.1, 0.15) is 17.4 Å². The molecule has 0 aliphatic carbocycles. The SMILES string of the molecule is CC(=O)N1CCN(c2cc(C(=O)Nc3c(Cl)cccc3Cl)ncn2)CC1. The molecule has 0 spiro atoms. The Morgan fingerprint density at radius 1 is 1.08 bits per heavy atom. The lowest BCUT2D eigenvalue weighted by molar-refractivity contribution is -0.129. The molecule has 1 saturated heterocycles. The van der Waals surface area contributed by atoms with Crippen molar-refractivity contribution in [2.24, 2.45) is 0 Å². The Balaban J connectivity index is 1.73. The van der Waals surface area contributed by atoms with Gasteiger partial charge in [-0.15, -0.1) is 0 Å². The van der Waals surface area contributed by atoms with E-state index in [1.54, 1.807) is 36.1 Å². The number of piperazine rings is 1. The van der Waals surface area contributed by atoms with Gasteiger partial charge >= 0.3 is 0 Å². The Kier molecular flexibility index (Phi) is 5.58. The minimum atomic E-state index is -0.425. The largest absolute Gasteiger partial charge is 0.353 e. The van der Waals surface area contributed by atoms with Crippen molar-refractivity contribution in [1.29, 1.82) is 0 Å². The lowest BCUT2D eigenvalue weighted by Crippen LogP contribution is -2.48. The maximum Gasteiger partial charge on any atom is 0.274 e. The number of carbonyl (C=O) groups is 2. The minimum Gasteiger partial charge on any atom is -0.353 e. The van der Waals surface area contributed by atoms with Crippen LogP contribution >= 0.6 is 23.2 Å². The van der Waals surface area contributed by atoms with Crippen molar-refractivity contribution < 1.29 is 9.59 Å². The highest BCUT2D eigenvalue weighted by Gasteiger charge is 2.21. The molecule has 1 aliphatic heterocycles. The standard InChI is InChI=1S/C17H17Cl2N5O2/c1-11(25)23-5-7-24(8-6-23)15-9-14(20-10-21-15)17(26)22-16-12(18)3-2-4-13(16)19/h2-4,9-10H,5-8H2,1H3,(H,22,26). The molecule has 26 heavy (non-hydrogen) atoms. The van der Waals surface area contributed by atoms with E-state index in [9.17, 15) is 9.59 Å². The average Bonchev–Trinajstić information content (AvgIpc) is 2.65. The Hall–Kier alpha value is -2.38. The summed E-state index contributed by atoms with van der Waals surface area (Å²) >= 11 is 12.2. The van der Waals surface area contributed by atoms with Crippen LogP contribution in [0.4, 0.5) is 11.5 Å². The molecular weight excluding hydrogens is 377 g/mol. The number of nitrogens with zero attached hydrogens (tertiary/aromatic N) is 4. The lowest BCUT2D eigenvalue weighted by atomic mass is 10.2. The van der Waals surface area contributed by atoms with Crippen molar-refractivity contribution in [1.82, 2.24) is 14.9 Å². The van der Waals surface area contributed by atoms with Crippen LogP contribution in [0.5, 0.6) is 0 Å². The summed E-state index contributed by atoms with van der Waals surface area (Å²) in [6.45, 7) is 4.09. The molecule has 0 atom stereocenters. The van der Waals surface area contributed by atoms with Crippen LogP contribution in [0, 0.1) is 0 Å². The molecule has 9 heteroatoms. The van der Waals surface area contributed by atoms with Crippen molar-refractivity contribution in [3.63, 3.8) is 0 Å². The van der Waals surface area contributed by atoms with Gasteiger partial charge in [0, 0.05) is 39.2 Å². The molecule has 0 unspecified atom stereocenters. The fourth-order valence-corrected chi connectivity index (χ4v) is 3.18. The van der Waals surface area contributed by atoms with Gasteiger partial charge in [0.1, 0.15) is 17.8 Å². The van der Waals surface area contributed by atoms with Crippen molar-refractivity contribution in [2.45, 2.75) is 6.92 Å². The first-order valence-corrected chi connectivity index (χ1v) is 8.79. The maximum absolute atomic E-state index is 12.5. The normalized spacial score (nSPS) is 14.3. The number of rotatable bonds is 3. The van der Waals surface area contributed by atoms with Crippen LogP contribution in [0.15, 0.2) is 30.6 Å². The Morgan fingerprint density at radius 2 is 1.73 bits per heavy atom. The second-order valence-electron chi connectivity index (χ2n) is 5.81. The Morgan fingerprint density at radius 3 is 2.35 bits per heavy atom.